The molecule has 1 heterocycles. The van der Waals surface area contributed by atoms with Crippen molar-refractivity contribution in [1.29, 1.82) is 0 Å². The largest absolute Gasteiger partial charge is 0.469 e. The van der Waals surface area contributed by atoms with Crippen molar-refractivity contribution in [3.05, 3.63) is 41.1 Å². The minimum Gasteiger partial charge on any atom is -0.469 e. The summed E-state index contributed by atoms with van der Waals surface area (Å²) in [4.78, 5) is 25.8. The van der Waals surface area contributed by atoms with Crippen LogP contribution in [0.5, 0.6) is 0 Å². The van der Waals surface area contributed by atoms with Gasteiger partial charge in [0.05, 0.1) is 26.7 Å². The number of nitrogens with zero attached hydrogens (tertiary/aromatic N) is 1. The standard InChI is InChI=1S/C17H19NO4/c1-21-16(19)10-15-13-6-4-3-5-12(13)9-14(11-7-8-11)18(15)17(20)22-2/h3-6,9,11,15H,7-8,10H2,1-2H3. The molecule has 0 aromatic heterocycles. The van der Waals surface area contributed by atoms with Gasteiger partial charge in [-0.3, -0.25) is 9.69 Å². The molecule has 1 aromatic carbocycles. The number of carbonyl (C=O) groups excluding carboxylic acids is 2. The Hall–Kier alpha value is -2.30. The summed E-state index contributed by atoms with van der Waals surface area (Å²) in [7, 11) is 2.72. The molecular formula is C17H19NO4. The Kier molecular flexibility index (Phi) is 3.88. The van der Waals surface area contributed by atoms with E-state index >= 15 is 0 Å². The van der Waals surface area contributed by atoms with E-state index in [0.717, 1.165) is 29.7 Å². The maximum absolute atomic E-state index is 12.3. The fourth-order valence-corrected chi connectivity index (χ4v) is 2.96. The second-order valence-corrected chi connectivity index (χ2v) is 5.61. The number of carbonyl (C=O) groups is 2. The van der Waals surface area contributed by atoms with Crippen molar-refractivity contribution in [2.75, 3.05) is 14.2 Å². The van der Waals surface area contributed by atoms with E-state index in [2.05, 4.69) is 0 Å². The highest BCUT2D eigenvalue weighted by atomic mass is 16.5. The number of ether oxygens (including phenoxy) is 2. The molecule has 1 fully saturated rings. The molecule has 2 aliphatic rings. The number of allylic oxidation sites excluding steroid dienone is 1. The van der Waals surface area contributed by atoms with Gasteiger partial charge in [0.25, 0.3) is 0 Å². The van der Waals surface area contributed by atoms with Crippen molar-refractivity contribution in [3.63, 3.8) is 0 Å². The first-order chi connectivity index (χ1) is 10.7. The molecule has 116 valence electrons. The summed E-state index contributed by atoms with van der Waals surface area (Å²) in [6.07, 6.45) is 3.85. The van der Waals surface area contributed by atoms with Crippen LogP contribution in [0.25, 0.3) is 6.08 Å². The van der Waals surface area contributed by atoms with Crippen molar-refractivity contribution in [2.24, 2.45) is 5.92 Å². The maximum atomic E-state index is 12.3. The normalized spacial score (nSPS) is 20.0. The number of amides is 1. The molecule has 5 heteroatoms. The zero-order valence-electron chi connectivity index (χ0n) is 12.7. The van der Waals surface area contributed by atoms with E-state index in [4.69, 9.17) is 9.47 Å². The first-order valence-electron chi connectivity index (χ1n) is 7.40. The van der Waals surface area contributed by atoms with Crippen molar-refractivity contribution in [2.45, 2.75) is 25.3 Å². The zero-order chi connectivity index (χ0) is 15.7. The van der Waals surface area contributed by atoms with Crippen molar-refractivity contribution < 1.29 is 19.1 Å². The molecular weight excluding hydrogens is 282 g/mol. The number of hydrogen-bond acceptors (Lipinski definition) is 4. The third-order valence-corrected chi connectivity index (χ3v) is 4.20. The molecule has 0 saturated heterocycles. The van der Waals surface area contributed by atoms with Gasteiger partial charge < -0.3 is 9.47 Å². The highest BCUT2D eigenvalue weighted by Crippen LogP contribution is 2.46. The Labute approximate surface area is 129 Å². The van der Waals surface area contributed by atoms with E-state index in [9.17, 15) is 9.59 Å². The highest BCUT2D eigenvalue weighted by Gasteiger charge is 2.41. The van der Waals surface area contributed by atoms with E-state index in [1.807, 2.05) is 30.3 Å². The third-order valence-electron chi connectivity index (χ3n) is 4.20. The summed E-state index contributed by atoms with van der Waals surface area (Å²) in [5.41, 5.74) is 2.95. The van der Waals surface area contributed by atoms with Gasteiger partial charge in [-0.2, -0.15) is 0 Å². The van der Waals surface area contributed by atoms with Crippen LogP contribution in [0.4, 0.5) is 4.79 Å². The van der Waals surface area contributed by atoms with Gasteiger partial charge in [-0.1, -0.05) is 24.3 Å². The molecule has 1 unspecified atom stereocenters. The molecule has 1 saturated carbocycles. The van der Waals surface area contributed by atoms with Crippen LogP contribution < -0.4 is 0 Å². The van der Waals surface area contributed by atoms with E-state index in [0.29, 0.717) is 5.92 Å². The lowest BCUT2D eigenvalue weighted by Crippen LogP contribution is -2.38. The van der Waals surface area contributed by atoms with Crippen LogP contribution in [0.3, 0.4) is 0 Å². The predicted molar refractivity (Wildman–Crippen MR) is 80.8 cm³/mol. The van der Waals surface area contributed by atoms with Gasteiger partial charge in [-0.15, -0.1) is 0 Å². The fourth-order valence-electron chi connectivity index (χ4n) is 2.96. The quantitative estimate of drug-likeness (QED) is 0.805. The van der Waals surface area contributed by atoms with Crippen LogP contribution in [-0.4, -0.2) is 31.2 Å². The number of benzene rings is 1. The van der Waals surface area contributed by atoms with Gasteiger partial charge in [0.15, 0.2) is 0 Å². The summed E-state index contributed by atoms with van der Waals surface area (Å²) >= 11 is 0. The molecule has 1 amide bonds. The minimum atomic E-state index is -0.429. The van der Waals surface area contributed by atoms with E-state index in [1.165, 1.54) is 14.2 Å². The monoisotopic (exact) mass is 301 g/mol. The van der Waals surface area contributed by atoms with Crippen LogP contribution in [0.2, 0.25) is 0 Å². The van der Waals surface area contributed by atoms with Gasteiger partial charge in [-0.05, 0) is 36.0 Å². The molecule has 1 aromatic rings. The van der Waals surface area contributed by atoms with Crippen LogP contribution in [-0.2, 0) is 14.3 Å². The van der Waals surface area contributed by atoms with E-state index in [-0.39, 0.29) is 18.4 Å². The number of rotatable bonds is 3. The topological polar surface area (TPSA) is 55.8 Å². The second kappa shape index (κ2) is 5.83. The lowest BCUT2D eigenvalue weighted by atomic mass is 9.91. The third kappa shape index (κ3) is 2.58. The lowest BCUT2D eigenvalue weighted by Gasteiger charge is -2.36. The fraction of sp³-hybridized carbons (Fsp3) is 0.412. The number of hydrogen-bond donors (Lipinski definition) is 0. The molecule has 5 nitrogen and oxygen atoms in total. The Morgan fingerprint density at radius 3 is 2.55 bits per heavy atom. The molecule has 0 radical (unpaired) electrons. The molecule has 0 spiro atoms. The van der Waals surface area contributed by atoms with Crippen LogP contribution in [0.15, 0.2) is 30.0 Å². The van der Waals surface area contributed by atoms with Gasteiger partial charge in [0.2, 0.25) is 0 Å². The van der Waals surface area contributed by atoms with Gasteiger partial charge >= 0.3 is 12.1 Å². The van der Waals surface area contributed by atoms with Crippen molar-refractivity contribution in [3.8, 4) is 0 Å². The van der Waals surface area contributed by atoms with Crippen LogP contribution >= 0.6 is 0 Å². The number of methoxy groups -OCH3 is 2. The molecule has 1 atom stereocenters. The highest BCUT2D eigenvalue weighted by molar-refractivity contribution is 5.79. The van der Waals surface area contributed by atoms with Gasteiger partial charge in [-0.25, -0.2) is 4.79 Å². The SMILES string of the molecule is COC(=O)CC1c2ccccc2C=C(C2CC2)N1C(=O)OC. The Balaban J connectivity index is 2.06. The number of fused-ring (bicyclic) bond motifs is 1. The average molecular weight is 301 g/mol. The predicted octanol–water partition coefficient (Wildman–Crippen LogP) is 3.12. The molecule has 1 aliphatic heterocycles. The Morgan fingerprint density at radius 2 is 1.91 bits per heavy atom. The molecule has 0 bridgehead atoms. The Morgan fingerprint density at radius 1 is 1.18 bits per heavy atom. The lowest BCUT2D eigenvalue weighted by molar-refractivity contribution is -0.141. The summed E-state index contributed by atoms with van der Waals surface area (Å²) in [5, 5.41) is 0. The van der Waals surface area contributed by atoms with Crippen molar-refractivity contribution >= 4 is 18.1 Å². The molecule has 0 N–H and O–H groups in total. The number of esters is 1. The van der Waals surface area contributed by atoms with Gasteiger partial charge in [0, 0.05) is 5.70 Å². The average Bonchev–Trinajstić information content (AvgIpc) is 3.38. The zero-order valence-corrected chi connectivity index (χ0v) is 12.7. The summed E-state index contributed by atoms with van der Waals surface area (Å²) in [6.45, 7) is 0. The summed E-state index contributed by atoms with van der Waals surface area (Å²) < 4.78 is 9.76. The minimum absolute atomic E-state index is 0.118. The van der Waals surface area contributed by atoms with E-state index < -0.39 is 6.09 Å². The smallest absolute Gasteiger partial charge is 0.414 e. The summed E-state index contributed by atoms with van der Waals surface area (Å²) in [6, 6.07) is 7.45. The van der Waals surface area contributed by atoms with Crippen molar-refractivity contribution in [1.82, 2.24) is 4.90 Å². The molecule has 3 rings (SSSR count). The molecule has 22 heavy (non-hydrogen) atoms. The Bertz CT molecular complexity index is 633. The first kappa shape index (κ1) is 14.6. The van der Waals surface area contributed by atoms with Crippen LogP contribution in [0.1, 0.15) is 36.4 Å². The van der Waals surface area contributed by atoms with Gasteiger partial charge in [0.1, 0.15) is 0 Å². The summed E-state index contributed by atoms with van der Waals surface area (Å²) in [5.74, 6) is 0.0263. The molecule has 1 aliphatic carbocycles. The maximum Gasteiger partial charge on any atom is 0.414 e. The van der Waals surface area contributed by atoms with E-state index in [1.54, 1.807) is 4.90 Å². The first-order valence-corrected chi connectivity index (χ1v) is 7.40. The second-order valence-electron chi connectivity index (χ2n) is 5.61. The van der Waals surface area contributed by atoms with Crippen LogP contribution in [0, 0.1) is 5.92 Å².